The summed E-state index contributed by atoms with van der Waals surface area (Å²) in [5.74, 6) is 0.129. The first-order valence-corrected chi connectivity index (χ1v) is 4.96. The predicted octanol–water partition coefficient (Wildman–Crippen LogP) is 0.513. The Balaban J connectivity index is 4.17. The highest BCUT2D eigenvalue weighted by Gasteiger charge is 2.30. The Morgan fingerprint density at radius 2 is 2.14 bits per heavy atom. The number of primary amides is 1. The smallest absolute Gasteiger partial charge is 0.237 e. The van der Waals surface area contributed by atoms with Crippen LogP contribution in [-0.4, -0.2) is 31.7 Å². The van der Waals surface area contributed by atoms with E-state index >= 15 is 0 Å². The van der Waals surface area contributed by atoms with Gasteiger partial charge in [-0.2, -0.15) is 0 Å². The van der Waals surface area contributed by atoms with Crippen molar-refractivity contribution in [1.82, 2.24) is 5.32 Å². The summed E-state index contributed by atoms with van der Waals surface area (Å²) in [4.78, 5) is 11.3. The fraction of sp³-hybridized carbons (Fsp3) is 0.900. The largest absolute Gasteiger partial charge is 0.383 e. The third-order valence-corrected chi connectivity index (χ3v) is 2.18. The van der Waals surface area contributed by atoms with Crippen LogP contribution in [0.1, 0.15) is 27.2 Å². The number of nitrogens with one attached hydrogen (secondary N) is 1. The molecular weight excluding hydrogens is 180 g/mol. The second-order valence-electron chi connectivity index (χ2n) is 4.21. The molecule has 3 N–H and O–H groups in total. The fourth-order valence-corrected chi connectivity index (χ4v) is 1.51. The van der Waals surface area contributed by atoms with Crippen molar-refractivity contribution < 1.29 is 9.53 Å². The molecule has 0 heterocycles. The average Bonchev–Trinajstić information content (AvgIpc) is 2.03. The van der Waals surface area contributed by atoms with Gasteiger partial charge in [0.15, 0.2) is 0 Å². The van der Waals surface area contributed by atoms with E-state index in [0.717, 1.165) is 6.42 Å². The van der Waals surface area contributed by atoms with E-state index in [9.17, 15) is 4.79 Å². The molecule has 0 aromatic rings. The van der Waals surface area contributed by atoms with E-state index in [4.69, 9.17) is 10.5 Å². The molecule has 4 heteroatoms. The van der Waals surface area contributed by atoms with Gasteiger partial charge in [0.2, 0.25) is 5.91 Å². The summed E-state index contributed by atoms with van der Waals surface area (Å²) in [6.07, 6.45) is 0.742. The lowest BCUT2D eigenvalue weighted by atomic mass is 9.90. The molecule has 1 atom stereocenters. The van der Waals surface area contributed by atoms with E-state index < -0.39 is 5.54 Å². The Morgan fingerprint density at radius 3 is 2.50 bits per heavy atom. The number of carbonyl (C=O) groups is 1. The Hall–Kier alpha value is -0.610. The van der Waals surface area contributed by atoms with Gasteiger partial charge in [-0.15, -0.1) is 0 Å². The van der Waals surface area contributed by atoms with Gasteiger partial charge < -0.3 is 15.8 Å². The van der Waals surface area contributed by atoms with Crippen LogP contribution in [0, 0.1) is 5.92 Å². The lowest BCUT2D eigenvalue weighted by Gasteiger charge is -2.29. The van der Waals surface area contributed by atoms with Gasteiger partial charge >= 0.3 is 0 Å². The van der Waals surface area contributed by atoms with E-state index in [1.807, 2.05) is 6.92 Å². The fourth-order valence-electron chi connectivity index (χ4n) is 1.51. The molecule has 0 saturated heterocycles. The topological polar surface area (TPSA) is 64.3 Å². The highest BCUT2D eigenvalue weighted by Crippen LogP contribution is 2.15. The van der Waals surface area contributed by atoms with Gasteiger partial charge in [-0.05, 0) is 19.3 Å². The molecule has 1 amide bonds. The first-order valence-electron chi connectivity index (χ1n) is 4.96. The molecule has 0 aromatic heterocycles. The van der Waals surface area contributed by atoms with Crippen molar-refractivity contribution in [3.63, 3.8) is 0 Å². The van der Waals surface area contributed by atoms with Gasteiger partial charge in [0.25, 0.3) is 0 Å². The third-order valence-electron chi connectivity index (χ3n) is 2.18. The predicted molar refractivity (Wildman–Crippen MR) is 56.9 cm³/mol. The monoisotopic (exact) mass is 202 g/mol. The molecule has 0 aliphatic rings. The molecule has 0 rings (SSSR count). The summed E-state index contributed by atoms with van der Waals surface area (Å²) >= 11 is 0. The molecule has 4 nitrogen and oxygen atoms in total. The minimum Gasteiger partial charge on any atom is -0.383 e. The van der Waals surface area contributed by atoms with E-state index in [1.54, 1.807) is 7.11 Å². The van der Waals surface area contributed by atoms with Crippen molar-refractivity contribution in [2.45, 2.75) is 32.7 Å². The zero-order valence-electron chi connectivity index (χ0n) is 9.59. The van der Waals surface area contributed by atoms with Crippen LogP contribution in [0.4, 0.5) is 0 Å². The summed E-state index contributed by atoms with van der Waals surface area (Å²) in [6.45, 7) is 7.20. The van der Waals surface area contributed by atoms with Crippen LogP contribution in [0.5, 0.6) is 0 Å². The first-order chi connectivity index (χ1) is 6.42. The normalized spacial score (nSPS) is 15.5. The zero-order chi connectivity index (χ0) is 11.2. The van der Waals surface area contributed by atoms with Crippen molar-refractivity contribution in [3.05, 3.63) is 0 Å². The van der Waals surface area contributed by atoms with Crippen LogP contribution in [0.25, 0.3) is 0 Å². The Kier molecular flexibility index (Phi) is 5.72. The number of methoxy groups -OCH3 is 1. The Morgan fingerprint density at radius 1 is 1.57 bits per heavy atom. The Labute approximate surface area is 86.2 Å². The van der Waals surface area contributed by atoms with Crippen molar-refractivity contribution in [1.29, 1.82) is 0 Å². The molecule has 0 saturated carbocycles. The van der Waals surface area contributed by atoms with E-state index in [2.05, 4.69) is 19.2 Å². The van der Waals surface area contributed by atoms with Crippen LogP contribution in [0.3, 0.4) is 0 Å². The van der Waals surface area contributed by atoms with Crippen molar-refractivity contribution in [2.75, 3.05) is 20.3 Å². The van der Waals surface area contributed by atoms with Gasteiger partial charge in [0.1, 0.15) is 0 Å². The minimum absolute atomic E-state index is 0.303. The molecule has 0 bridgehead atoms. The molecule has 0 spiro atoms. The van der Waals surface area contributed by atoms with Gasteiger partial charge in [0.05, 0.1) is 12.1 Å². The third kappa shape index (κ3) is 4.58. The molecule has 84 valence electrons. The van der Waals surface area contributed by atoms with Gasteiger partial charge in [-0.25, -0.2) is 0 Å². The lowest BCUT2D eigenvalue weighted by molar-refractivity contribution is -0.124. The highest BCUT2D eigenvalue weighted by molar-refractivity contribution is 5.84. The molecular formula is C10H22N2O2. The molecule has 1 unspecified atom stereocenters. The average molecular weight is 202 g/mol. The number of nitrogens with two attached hydrogens (primary N) is 1. The number of ether oxygens (including phenoxy) is 1. The number of hydrogen-bond acceptors (Lipinski definition) is 3. The summed E-state index contributed by atoms with van der Waals surface area (Å²) in [7, 11) is 1.63. The summed E-state index contributed by atoms with van der Waals surface area (Å²) < 4.78 is 4.91. The van der Waals surface area contributed by atoms with E-state index in [0.29, 0.717) is 19.1 Å². The van der Waals surface area contributed by atoms with E-state index in [1.165, 1.54) is 0 Å². The van der Waals surface area contributed by atoms with Crippen LogP contribution in [-0.2, 0) is 9.53 Å². The van der Waals surface area contributed by atoms with Crippen LogP contribution in [0.15, 0.2) is 0 Å². The molecule has 14 heavy (non-hydrogen) atoms. The van der Waals surface area contributed by atoms with Crippen LogP contribution < -0.4 is 11.1 Å². The maximum absolute atomic E-state index is 11.3. The van der Waals surface area contributed by atoms with Gasteiger partial charge in [0, 0.05) is 13.7 Å². The van der Waals surface area contributed by atoms with Crippen molar-refractivity contribution in [2.24, 2.45) is 11.7 Å². The van der Waals surface area contributed by atoms with Gasteiger partial charge in [-0.1, -0.05) is 13.8 Å². The van der Waals surface area contributed by atoms with Crippen molar-refractivity contribution >= 4 is 5.91 Å². The number of hydrogen-bond donors (Lipinski definition) is 2. The summed E-state index contributed by atoms with van der Waals surface area (Å²) in [5, 5.41) is 3.13. The van der Waals surface area contributed by atoms with Crippen LogP contribution in [0.2, 0.25) is 0 Å². The van der Waals surface area contributed by atoms with Gasteiger partial charge in [-0.3, -0.25) is 4.79 Å². The summed E-state index contributed by atoms with van der Waals surface area (Å²) in [5.41, 5.74) is 4.74. The van der Waals surface area contributed by atoms with Crippen molar-refractivity contribution in [3.8, 4) is 0 Å². The maximum Gasteiger partial charge on any atom is 0.237 e. The number of carbonyl (C=O) groups excluding carboxylic acids is 1. The Bertz CT molecular complexity index is 183. The molecule has 0 aliphatic heterocycles. The maximum atomic E-state index is 11.3. The van der Waals surface area contributed by atoms with Crippen LogP contribution >= 0.6 is 0 Å². The lowest BCUT2D eigenvalue weighted by Crippen LogP contribution is -2.54. The zero-order valence-corrected chi connectivity index (χ0v) is 9.59. The molecule has 0 radical (unpaired) electrons. The SMILES string of the molecule is COCCNC(C)(CC(C)C)C(N)=O. The standard InChI is InChI=1S/C10H22N2O2/c1-8(2)7-10(3,9(11)13)12-5-6-14-4/h8,12H,5-7H2,1-4H3,(H2,11,13). The summed E-state index contributed by atoms with van der Waals surface area (Å²) in [6, 6.07) is 0. The molecule has 0 aromatic carbocycles. The number of amides is 1. The first kappa shape index (κ1) is 13.4. The number of rotatable bonds is 7. The highest BCUT2D eigenvalue weighted by atomic mass is 16.5. The molecule has 0 fully saturated rings. The second kappa shape index (κ2) is 5.98. The minimum atomic E-state index is -0.618. The van der Waals surface area contributed by atoms with E-state index in [-0.39, 0.29) is 5.91 Å². The quantitative estimate of drug-likeness (QED) is 0.591. The molecule has 0 aliphatic carbocycles. The second-order valence-corrected chi connectivity index (χ2v) is 4.21.